The van der Waals surface area contributed by atoms with Crippen molar-refractivity contribution < 1.29 is 0 Å². The van der Waals surface area contributed by atoms with E-state index < -0.39 is 0 Å². The van der Waals surface area contributed by atoms with E-state index in [1.54, 1.807) is 11.3 Å². The number of fused-ring (bicyclic) bond motifs is 1. The Morgan fingerprint density at radius 1 is 1.32 bits per heavy atom. The minimum Gasteiger partial charge on any atom is -0.350 e. The van der Waals surface area contributed by atoms with Crippen LogP contribution < -0.4 is 5.73 Å². The lowest BCUT2D eigenvalue weighted by Crippen LogP contribution is -2.18. The molecule has 0 amide bonds. The third-order valence-electron chi connectivity index (χ3n) is 3.89. The Balaban J connectivity index is 1.88. The fourth-order valence-corrected chi connectivity index (χ4v) is 3.51. The molecule has 96 valence electrons. The van der Waals surface area contributed by atoms with Crippen molar-refractivity contribution in [3.63, 3.8) is 0 Å². The highest BCUT2D eigenvalue weighted by Gasteiger charge is 2.42. The normalized spacial score (nSPS) is 16.9. The summed E-state index contributed by atoms with van der Waals surface area (Å²) < 4.78 is 2.15. The Bertz CT molecular complexity index is 765. The van der Waals surface area contributed by atoms with Crippen molar-refractivity contribution in [1.29, 1.82) is 0 Å². The largest absolute Gasteiger partial charge is 0.350 e. The van der Waals surface area contributed by atoms with E-state index in [-0.39, 0.29) is 5.54 Å². The van der Waals surface area contributed by atoms with Crippen LogP contribution >= 0.6 is 11.3 Å². The van der Waals surface area contributed by atoms with Gasteiger partial charge >= 0.3 is 0 Å². The molecule has 0 bridgehead atoms. The summed E-state index contributed by atoms with van der Waals surface area (Å²) in [4.78, 5) is 4.76. The Labute approximate surface area is 115 Å². The number of hydrogen-bond acceptors (Lipinski definition) is 3. The van der Waals surface area contributed by atoms with E-state index >= 15 is 0 Å². The SMILES string of the molecule is Cn1cc(-c2csc(C3(N)CC3)n2)c2ccccc21. The van der Waals surface area contributed by atoms with Crippen molar-refractivity contribution in [2.75, 3.05) is 0 Å². The second-order valence-corrected chi connectivity index (χ2v) is 6.22. The number of hydrogen-bond donors (Lipinski definition) is 1. The summed E-state index contributed by atoms with van der Waals surface area (Å²) in [5, 5.41) is 4.46. The minimum atomic E-state index is -0.131. The van der Waals surface area contributed by atoms with E-state index in [4.69, 9.17) is 10.7 Å². The summed E-state index contributed by atoms with van der Waals surface area (Å²) >= 11 is 1.69. The van der Waals surface area contributed by atoms with Crippen LogP contribution in [-0.4, -0.2) is 9.55 Å². The molecule has 0 unspecified atom stereocenters. The first-order chi connectivity index (χ1) is 9.17. The molecule has 19 heavy (non-hydrogen) atoms. The van der Waals surface area contributed by atoms with Gasteiger partial charge in [0, 0.05) is 35.1 Å². The van der Waals surface area contributed by atoms with Gasteiger partial charge in [0.25, 0.3) is 0 Å². The standard InChI is InChI=1S/C15H15N3S/c1-18-8-11(10-4-2-3-5-13(10)18)12-9-19-14(17-12)15(16)6-7-15/h2-5,8-9H,6-7,16H2,1H3. The van der Waals surface area contributed by atoms with E-state index in [1.165, 1.54) is 16.5 Å². The number of nitrogens with zero attached hydrogens (tertiary/aromatic N) is 2. The van der Waals surface area contributed by atoms with Crippen LogP contribution in [0.1, 0.15) is 17.8 Å². The van der Waals surface area contributed by atoms with Gasteiger partial charge in [-0.3, -0.25) is 0 Å². The lowest BCUT2D eigenvalue weighted by Gasteiger charge is -2.01. The molecule has 3 aromatic rings. The van der Waals surface area contributed by atoms with Gasteiger partial charge in [-0.2, -0.15) is 0 Å². The van der Waals surface area contributed by atoms with Gasteiger partial charge in [-0.25, -0.2) is 4.98 Å². The van der Waals surface area contributed by atoms with Crippen molar-refractivity contribution in [3.8, 4) is 11.3 Å². The van der Waals surface area contributed by atoms with Gasteiger partial charge in [0.15, 0.2) is 0 Å². The maximum Gasteiger partial charge on any atom is 0.113 e. The van der Waals surface area contributed by atoms with Gasteiger partial charge in [-0.15, -0.1) is 11.3 Å². The van der Waals surface area contributed by atoms with Crippen LogP contribution in [0.4, 0.5) is 0 Å². The molecule has 1 aromatic carbocycles. The Kier molecular flexibility index (Phi) is 2.17. The van der Waals surface area contributed by atoms with Crippen molar-refractivity contribution >= 4 is 22.2 Å². The lowest BCUT2D eigenvalue weighted by molar-refractivity contribution is 0.732. The molecule has 2 N–H and O–H groups in total. The molecule has 0 saturated heterocycles. The zero-order valence-electron chi connectivity index (χ0n) is 10.8. The fourth-order valence-electron chi connectivity index (χ4n) is 2.52. The summed E-state index contributed by atoms with van der Waals surface area (Å²) in [7, 11) is 2.07. The minimum absolute atomic E-state index is 0.131. The lowest BCUT2D eigenvalue weighted by atomic mass is 10.1. The molecule has 1 fully saturated rings. The summed E-state index contributed by atoms with van der Waals surface area (Å²) in [6.07, 6.45) is 4.28. The van der Waals surface area contributed by atoms with Gasteiger partial charge in [0.2, 0.25) is 0 Å². The molecule has 4 rings (SSSR count). The van der Waals surface area contributed by atoms with Crippen LogP contribution in [-0.2, 0) is 12.6 Å². The number of rotatable bonds is 2. The molecule has 2 heterocycles. The maximum atomic E-state index is 6.22. The van der Waals surface area contributed by atoms with Crippen LogP contribution in [0.3, 0.4) is 0 Å². The van der Waals surface area contributed by atoms with Crippen molar-refractivity contribution in [3.05, 3.63) is 40.8 Å². The molecule has 1 aliphatic carbocycles. The average molecular weight is 269 g/mol. The van der Waals surface area contributed by atoms with Gasteiger partial charge in [-0.05, 0) is 18.9 Å². The summed E-state index contributed by atoms with van der Waals surface area (Å²) in [6.45, 7) is 0. The number of aromatic nitrogens is 2. The smallest absolute Gasteiger partial charge is 0.113 e. The van der Waals surface area contributed by atoms with Gasteiger partial charge in [0.1, 0.15) is 5.01 Å². The molecule has 0 spiro atoms. The van der Waals surface area contributed by atoms with Crippen molar-refractivity contribution in [1.82, 2.24) is 9.55 Å². The molecular formula is C15H15N3S. The molecule has 3 nitrogen and oxygen atoms in total. The Morgan fingerprint density at radius 2 is 2.11 bits per heavy atom. The van der Waals surface area contributed by atoms with Crippen LogP contribution in [0.15, 0.2) is 35.8 Å². The van der Waals surface area contributed by atoms with E-state index in [2.05, 4.69) is 47.5 Å². The Hall–Kier alpha value is -1.65. The van der Waals surface area contributed by atoms with Crippen LogP contribution in [0.5, 0.6) is 0 Å². The maximum absolute atomic E-state index is 6.22. The predicted molar refractivity (Wildman–Crippen MR) is 79.1 cm³/mol. The topological polar surface area (TPSA) is 43.8 Å². The van der Waals surface area contributed by atoms with Gasteiger partial charge < -0.3 is 10.3 Å². The Morgan fingerprint density at radius 3 is 2.89 bits per heavy atom. The second-order valence-electron chi connectivity index (χ2n) is 5.36. The van der Waals surface area contributed by atoms with E-state index in [9.17, 15) is 0 Å². The van der Waals surface area contributed by atoms with Gasteiger partial charge in [0.05, 0.1) is 11.2 Å². The summed E-state index contributed by atoms with van der Waals surface area (Å²) in [5.74, 6) is 0. The fraction of sp³-hybridized carbons (Fsp3) is 0.267. The van der Waals surface area contributed by atoms with Gasteiger partial charge in [-0.1, -0.05) is 18.2 Å². The quantitative estimate of drug-likeness (QED) is 0.776. The second kappa shape index (κ2) is 3.68. The zero-order valence-corrected chi connectivity index (χ0v) is 11.6. The summed E-state index contributed by atoms with van der Waals surface area (Å²) in [5.41, 5.74) is 9.57. The predicted octanol–water partition coefficient (Wildman–Crippen LogP) is 3.25. The molecule has 4 heteroatoms. The third kappa shape index (κ3) is 1.64. The third-order valence-corrected chi connectivity index (χ3v) is 4.95. The number of thiazole rings is 1. The molecule has 2 aromatic heterocycles. The highest BCUT2D eigenvalue weighted by atomic mass is 32.1. The molecule has 0 aliphatic heterocycles. The van der Waals surface area contributed by atoms with Crippen LogP contribution in [0.25, 0.3) is 22.2 Å². The van der Waals surface area contributed by atoms with Crippen LogP contribution in [0.2, 0.25) is 0 Å². The number of nitrogens with two attached hydrogens (primary N) is 1. The molecule has 1 aliphatic rings. The number of aryl methyl sites for hydroxylation is 1. The first-order valence-corrected chi connectivity index (χ1v) is 7.35. The first-order valence-electron chi connectivity index (χ1n) is 6.47. The molecule has 1 saturated carbocycles. The number of benzene rings is 1. The van der Waals surface area contributed by atoms with E-state index in [0.29, 0.717) is 0 Å². The summed E-state index contributed by atoms with van der Waals surface area (Å²) in [6, 6.07) is 8.43. The van der Waals surface area contributed by atoms with E-state index in [1.807, 2.05) is 0 Å². The zero-order chi connectivity index (χ0) is 13.0. The van der Waals surface area contributed by atoms with E-state index in [0.717, 1.165) is 23.5 Å². The monoisotopic (exact) mass is 269 g/mol. The van der Waals surface area contributed by atoms with Crippen molar-refractivity contribution in [2.24, 2.45) is 12.8 Å². The van der Waals surface area contributed by atoms with Crippen molar-refractivity contribution in [2.45, 2.75) is 18.4 Å². The number of para-hydroxylation sites is 1. The molecule has 0 atom stereocenters. The molecule has 0 radical (unpaired) electrons. The average Bonchev–Trinajstić information content (AvgIpc) is 2.89. The highest BCUT2D eigenvalue weighted by molar-refractivity contribution is 7.10. The molecular weight excluding hydrogens is 254 g/mol. The van der Waals surface area contributed by atoms with Crippen LogP contribution in [0, 0.1) is 0 Å². The first kappa shape index (κ1) is 11.2. The highest BCUT2D eigenvalue weighted by Crippen LogP contribution is 2.45.